The summed E-state index contributed by atoms with van der Waals surface area (Å²) in [5.74, 6) is -0.293. The van der Waals surface area contributed by atoms with Crippen molar-refractivity contribution in [3.8, 4) is 17.6 Å². The predicted octanol–water partition coefficient (Wildman–Crippen LogP) is 6.32. The summed E-state index contributed by atoms with van der Waals surface area (Å²) in [6, 6.07) is 4.77. The molecule has 15 heteroatoms. The normalized spacial score (nSPS) is 17.0. The van der Waals surface area contributed by atoms with Gasteiger partial charge >= 0.3 is 12.8 Å². The minimum atomic E-state index is -4.60. The van der Waals surface area contributed by atoms with E-state index in [-0.39, 0.29) is 40.2 Å². The number of piperidine rings is 1. The number of thiophene rings is 1. The molecule has 0 radical (unpaired) electrons. The number of nitrogens with one attached hydrogen (secondary N) is 3. The lowest BCUT2D eigenvalue weighted by Crippen LogP contribution is -2.53. The van der Waals surface area contributed by atoms with Gasteiger partial charge in [-0.2, -0.15) is 22.0 Å². The highest BCUT2D eigenvalue weighted by atomic mass is 32.1. The summed E-state index contributed by atoms with van der Waals surface area (Å²) in [6.45, 7) is -3.67. The standard InChI is InChI=1S/C28H26F8N4O2S/c1-37-25(41)16-11-21(42-26(30)31)20(12-18(16)29)38-9-4-7-22-17(13-28(34,35)36)15-5-3-6-19(24(15)43-22)39-23-8-10-40(2)14-27(23,32)33/h3,5-6,11-12,23,26,38-39H,8-10,13-14H2,1-2H3,(H,37,41). The van der Waals surface area contributed by atoms with Crippen LogP contribution in [0.25, 0.3) is 10.1 Å². The fourth-order valence-corrected chi connectivity index (χ4v) is 5.86. The number of rotatable bonds is 8. The van der Waals surface area contributed by atoms with Crippen LogP contribution in [0.4, 0.5) is 46.5 Å². The van der Waals surface area contributed by atoms with E-state index in [9.17, 15) is 39.9 Å². The van der Waals surface area contributed by atoms with Gasteiger partial charge in [0.2, 0.25) is 0 Å². The summed E-state index contributed by atoms with van der Waals surface area (Å²) in [6.07, 6.45) is -5.80. The highest BCUT2D eigenvalue weighted by molar-refractivity contribution is 7.20. The average Bonchev–Trinajstić information content (AvgIpc) is 3.24. The lowest BCUT2D eigenvalue weighted by atomic mass is 10.0. The number of hydrogen-bond acceptors (Lipinski definition) is 6. The third kappa shape index (κ3) is 7.80. The molecular weight excluding hydrogens is 608 g/mol. The van der Waals surface area contributed by atoms with Crippen molar-refractivity contribution in [3.05, 3.63) is 52.2 Å². The molecule has 43 heavy (non-hydrogen) atoms. The summed E-state index contributed by atoms with van der Waals surface area (Å²) < 4.78 is 115. The van der Waals surface area contributed by atoms with E-state index < -0.39 is 60.8 Å². The molecule has 0 saturated carbocycles. The van der Waals surface area contributed by atoms with Crippen LogP contribution in [0.15, 0.2) is 30.3 Å². The molecule has 0 spiro atoms. The Kier molecular flexibility index (Phi) is 9.60. The molecule has 3 aromatic rings. The second-order valence-corrected chi connectivity index (χ2v) is 10.8. The van der Waals surface area contributed by atoms with Crippen molar-refractivity contribution in [2.75, 3.05) is 44.4 Å². The number of hydrogen-bond donors (Lipinski definition) is 3. The number of anilines is 2. The summed E-state index contributed by atoms with van der Waals surface area (Å²) in [5.41, 5.74) is -0.690. The van der Waals surface area contributed by atoms with E-state index in [1.807, 2.05) is 0 Å². The van der Waals surface area contributed by atoms with Crippen LogP contribution in [-0.2, 0) is 6.42 Å². The van der Waals surface area contributed by atoms with Crippen molar-refractivity contribution >= 4 is 38.7 Å². The third-order valence-corrected chi connectivity index (χ3v) is 7.84. The largest absolute Gasteiger partial charge is 0.433 e. The Hall–Kier alpha value is -3.77. The number of benzene rings is 2. The average molecular weight is 635 g/mol. The van der Waals surface area contributed by atoms with E-state index in [4.69, 9.17) is 0 Å². The zero-order valence-electron chi connectivity index (χ0n) is 22.8. The minimum Gasteiger partial charge on any atom is -0.433 e. The molecule has 1 aromatic heterocycles. The van der Waals surface area contributed by atoms with Crippen LogP contribution in [0.3, 0.4) is 0 Å². The van der Waals surface area contributed by atoms with Gasteiger partial charge in [0.05, 0.1) is 52.1 Å². The molecule has 0 bridgehead atoms. The van der Waals surface area contributed by atoms with Gasteiger partial charge in [-0.05, 0) is 36.6 Å². The lowest BCUT2D eigenvalue weighted by molar-refractivity contribution is -0.127. The monoisotopic (exact) mass is 634 g/mol. The SMILES string of the molecule is CNC(=O)c1cc(OC(F)F)c(NCC#Cc2sc3c(NC4CCN(C)CC4(F)F)cccc3c2CC(F)(F)F)cc1F. The van der Waals surface area contributed by atoms with Crippen LogP contribution in [0.1, 0.15) is 27.2 Å². The van der Waals surface area contributed by atoms with Gasteiger partial charge in [0.25, 0.3) is 11.8 Å². The maximum atomic E-state index is 14.7. The number of ether oxygens (including phenoxy) is 1. The fourth-order valence-electron chi connectivity index (χ4n) is 4.69. The number of fused-ring (bicyclic) bond motifs is 1. The molecule has 1 atom stereocenters. The van der Waals surface area contributed by atoms with Crippen molar-refractivity contribution < 1.29 is 44.7 Å². The van der Waals surface area contributed by atoms with Crippen LogP contribution in [0.5, 0.6) is 5.75 Å². The molecule has 1 saturated heterocycles. The van der Waals surface area contributed by atoms with Crippen LogP contribution in [-0.4, -0.2) is 69.3 Å². The van der Waals surface area contributed by atoms with Crippen LogP contribution in [0.2, 0.25) is 0 Å². The van der Waals surface area contributed by atoms with Crippen molar-refractivity contribution in [2.45, 2.75) is 37.6 Å². The van der Waals surface area contributed by atoms with Gasteiger partial charge in [0.15, 0.2) is 0 Å². The van der Waals surface area contributed by atoms with Gasteiger partial charge in [-0.25, -0.2) is 13.2 Å². The first-order chi connectivity index (χ1) is 20.2. The summed E-state index contributed by atoms with van der Waals surface area (Å²) in [7, 11) is 2.80. The molecule has 1 amide bonds. The topological polar surface area (TPSA) is 65.6 Å². The molecule has 1 fully saturated rings. The molecule has 6 nitrogen and oxygen atoms in total. The van der Waals surface area contributed by atoms with Crippen LogP contribution >= 0.6 is 11.3 Å². The molecule has 1 aliphatic rings. The van der Waals surface area contributed by atoms with Crippen molar-refractivity contribution in [2.24, 2.45) is 0 Å². The highest BCUT2D eigenvalue weighted by Gasteiger charge is 2.44. The Morgan fingerprint density at radius 3 is 2.63 bits per heavy atom. The number of likely N-dealkylation sites (tertiary alicyclic amines) is 1. The van der Waals surface area contributed by atoms with Crippen molar-refractivity contribution in [1.82, 2.24) is 10.2 Å². The first kappa shape index (κ1) is 32.2. The zero-order chi connectivity index (χ0) is 31.5. The molecule has 4 rings (SSSR count). The maximum Gasteiger partial charge on any atom is 0.393 e. The quantitative estimate of drug-likeness (QED) is 0.200. The second kappa shape index (κ2) is 12.8. The number of carbonyl (C=O) groups excluding carboxylic acids is 1. The molecular formula is C28H26F8N4O2S. The van der Waals surface area contributed by atoms with E-state index in [0.29, 0.717) is 11.2 Å². The summed E-state index contributed by atoms with van der Waals surface area (Å²) >= 11 is 0.901. The Bertz CT molecular complexity index is 1550. The van der Waals surface area contributed by atoms with Gasteiger partial charge in [0, 0.05) is 19.7 Å². The molecule has 3 N–H and O–H groups in total. The number of amides is 1. The number of halogens is 8. The Balaban J connectivity index is 1.64. The Labute approximate surface area is 245 Å². The van der Waals surface area contributed by atoms with E-state index in [0.717, 1.165) is 23.5 Å². The third-order valence-electron chi connectivity index (χ3n) is 6.64. The highest BCUT2D eigenvalue weighted by Crippen LogP contribution is 2.40. The van der Waals surface area contributed by atoms with Gasteiger partial charge in [-0.3, -0.25) is 4.79 Å². The van der Waals surface area contributed by atoms with Gasteiger partial charge in [0.1, 0.15) is 11.6 Å². The van der Waals surface area contributed by atoms with E-state index in [2.05, 4.69) is 32.5 Å². The number of carbonyl (C=O) groups is 1. The van der Waals surface area contributed by atoms with Crippen LogP contribution < -0.4 is 20.7 Å². The first-order valence-corrected chi connectivity index (χ1v) is 13.7. The molecule has 232 valence electrons. The zero-order valence-corrected chi connectivity index (χ0v) is 23.6. The summed E-state index contributed by atoms with van der Waals surface area (Å²) in [4.78, 5) is 13.4. The maximum absolute atomic E-state index is 14.7. The minimum absolute atomic E-state index is 0.0312. The van der Waals surface area contributed by atoms with E-state index >= 15 is 0 Å². The molecule has 0 aliphatic carbocycles. The molecule has 2 heterocycles. The summed E-state index contributed by atoms with van der Waals surface area (Å²) in [5, 5.41) is 7.77. The van der Waals surface area contributed by atoms with Gasteiger partial charge in [-0.15, -0.1) is 11.3 Å². The predicted molar refractivity (Wildman–Crippen MR) is 148 cm³/mol. The number of alkyl halides is 7. The Morgan fingerprint density at radius 1 is 1.23 bits per heavy atom. The fraction of sp³-hybridized carbons (Fsp3) is 0.393. The van der Waals surface area contributed by atoms with Crippen molar-refractivity contribution in [1.29, 1.82) is 0 Å². The van der Waals surface area contributed by atoms with Crippen LogP contribution in [0, 0.1) is 17.7 Å². The van der Waals surface area contributed by atoms with E-state index in [1.54, 1.807) is 7.05 Å². The van der Waals surface area contributed by atoms with Gasteiger partial charge in [-0.1, -0.05) is 24.0 Å². The second-order valence-electron chi connectivity index (χ2n) is 9.81. The first-order valence-electron chi connectivity index (χ1n) is 12.9. The lowest BCUT2D eigenvalue weighted by Gasteiger charge is -2.37. The Morgan fingerprint density at radius 2 is 1.98 bits per heavy atom. The molecule has 2 aromatic carbocycles. The molecule has 1 unspecified atom stereocenters. The number of nitrogens with zero attached hydrogens (tertiary/aromatic N) is 1. The smallest absolute Gasteiger partial charge is 0.393 e. The molecule has 1 aliphatic heterocycles. The van der Waals surface area contributed by atoms with E-state index in [1.165, 1.54) is 30.1 Å². The van der Waals surface area contributed by atoms with Gasteiger partial charge < -0.3 is 25.6 Å². The van der Waals surface area contributed by atoms with Crippen molar-refractivity contribution in [3.63, 3.8) is 0 Å².